The molecule has 138 valence electrons. The van der Waals surface area contributed by atoms with E-state index >= 15 is 0 Å². The van der Waals surface area contributed by atoms with E-state index in [9.17, 15) is 14.4 Å². The summed E-state index contributed by atoms with van der Waals surface area (Å²) in [4.78, 5) is 38.6. The highest BCUT2D eigenvalue weighted by Gasteiger charge is 2.37. The number of aryl methyl sites for hydroxylation is 1. The summed E-state index contributed by atoms with van der Waals surface area (Å²) in [6, 6.07) is 9.35. The van der Waals surface area contributed by atoms with Crippen molar-refractivity contribution in [1.82, 2.24) is 5.32 Å². The van der Waals surface area contributed by atoms with Crippen molar-refractivity contribution in [3.63, 3.8) is 0 Å². The number of carbonyl (C=O) groups is 3. The molecule has 4 amide bonds. The Morgan fingerprint density at radius 2 is 1.85 bits per heavy atom. The molecule has 0 saturated carbocycles. The minimum atomic E-state index is -0.783. The average Bonchev–Trinajstić information content (AvgIpc) is 2.62. The van der Waals surface area contributed by atoms with Crippen molar-refractivity contribution in [3.05, 3.63) is 63.7 Å². The molecule has 0 radical (unpaired) electrons. The SMILES string of the molecule is COc1ccc(Cl)cc1/C=C1\C(=O)NC(=O)N(c2cccc(C)c2C)C1=O. The van der Waals surface area contributed by atoms with Crippen LogP contribution in [0.25, 0.3) is 6.08 Å². The number of carbonyl (C=O) groups excluding carboxylic acids is 3. The fourth-order valence-electron chi connectivity index (χ4n) is 2.83. The maximum absolute atomic E-state index is 13.0. The molecular weight excluding hydrogens is 368 g/mol. The maximum Gasteiger partial charge on any atom is 0.335 e. The molecule has 27 heavy (non-hydrogen) atoms. The first kappa shape index (κ1) is 18.7. The van der Waals surface area contributed by atoms with Crippen LogP contribution >= 0.6 is 11.6 Å². The van der Waals surface area contributed by atoms with Gasteiger partial charge in [0.25, 0.3) is 11.8 Å². The molecule has 0 aromatic heterocycles. The third-order valence-electron chi connectivity index (χ3n) is 4.41. The lowest BCUT2D eigenvalue weighted by molar-refractivity contribution is -0.122. The first-order valence-electron chi connectivity index (χ1n) is 8.14. The summed E-state index contributed by atoms with van der Waals surface area (Å²) in [6.07, 6.45) is 1.37. The second kappa shape index (κ2) is 7.25. The highest BCUT2D eigenvalue weighted by Crippen LogP contribution is 2.29. The van der Waals surface area contributed by atoms with Crippen LogP contribution in [0.1, 0.15) is 16.7 Å². The maximum atomic E-state index is 13.0. The zero-order valence-corrected chi connectivity index (χ0v) is 15.8. The van der Waals surface area contributed by atoms with E-state index in [1.807, 2.05) is 19.9 Å². The number of amides is 4. The van der Waals surface area contributed by atoms with Gasteiger partial charge in [0.1, 0.15) is 11.3 Å². The first-order valence-corrected chi connectivity index (χ1v) is 8.52. The normalized spacial score (nSPS) is 15.9. The van der Waals surface area contributed by atoms with Crippen molar-refractivity contribution in [3.8, 4) is 5.75 Å². The highest BCUT2D eigenvalue weighted by molar-refractivity contribution is 6.39. The number of barbiturate groups is 1. The van der Waals surface area contributed by atoms with Crippen molar-refractivity contribution < 1.29 is 19.1 Å². The Bertz CT molecular complexity index is 997. The van der Waals surface area contributed by atoms with Crippen molar-refractivity contribution in [2.75, 3.05) is 12.0 Å². The lowest BCUT2D eigenvalue weighted by atomic mass is 10.0. The zero-order chi connectivity index (χ0) is 19.7. The van der Waals surface area contributed by atoms with Crippen LogP contribution in [-0.4, -0.2) is 25.0 Å². The number of hydrogen-bond acceptors (Lipinski definition) is 4. The Morgan fingerprint density at radius 1 is 1.11 bits per heavy atom. The van der Waals surface area contributed by atoms with Gasteiger partial charge in [0, 0.05) is 10.6 Å². The predicted molar refractivity (Wildman–Crippen MR) is 103 cm³/mol. The number of nitrogens with zero attached hydrogens (tertiary/aromatic N) is 1. The van der Waals surface area contributed by atoms with Crippen LogP contribution in [0.3, 0.4) is 0 Å². The van der Waals surface area contributed by atoms with E-state index in [1.165, 1.54) is 13.2 Å². The van der Waals surface area contributed by atoms with Gasteiger partial charge in [-0.05, 0) is 55.3 Å². The summed E-state index contributed by atoms with van der Waals surface area (Å²) in [5.41, 5.74) is 2.39. The van der Waals surface area contributed by atoms with Crippen LogP contribution in [0.5, 0.6) is 5.75 Å². The number of ether oxygens (including phenoxy) is 1. The second-order valence-corrected chi connectivity index (χ2v) is 6.50. The van der Waals surface area contributed by atoms with Gasteiger partial charge in [-0.3, -0.25) is 14.9 Å². The summed E-state index contributed by atoms with van der Waals surface area (Å²) >= 11 is 6.02. The first-order chi connectivity index (χ1) is 12.8. The van der Waals surface area contributed by atoms with E-state index in [2.05, 4.69) is 5.32 Å². The van der Waals surface area contributed by atoms with Gasteiger partial charge in [0.2, 0.25) is 0 Å². The van der Waals surface area contributed by atoms with Gasteiger partial charge in [-0.15, -0.1) is 0 Å². The smallest absolute Gasteiger partial charge is 0.335 e. The summed E-state index contributed by atoms with van der Waals surface area (Å²) in [5, 5.41) is 2.64. The van der Waals surface area contributed by atoms with E-state index < -0.39 is 17.8 Å². The Kier molecular flexibility index (Phi) is 5.01. The molecule has 0 unspecified atom stereocenters. The minimum Gasteiger partial charge on any atom is -0.496 e. The van der Waals surface area contributed by atoms with Gasteiger partial charge in [0.05, 0.1) is 12.8 Å². The van der Waals surface area contributed by atoms with Crippen LogP contribution in [0, 0.1) is 13.8 Å². The molecule has 2 aromatic rings. The Morgan fingerprint density at radius 3 is 2.56 bits per heavy atom. The minimum absolute atomic E-state index is 0.184. The molecule has 0 aliphatic carbocycles. The molecule has 1 aliphatic rings. The molecule has 1 aliphatic heterocycles. The summed E-state index contributed by atoms with van der Waals surface area (Å²) in [6.45, 7) is 3.69. The third-order valence-corrected chi connectivity index (χ3v) is 4.65. The molecule has 1 N–H and O–H groups in total. The monoisotopic (exact) mass is 384 g/mol. The molecule has 1 saturated heterocycles. The van der Waals surface area contributed by atoms with Gasteiger partial charge in [-0.25, -0.2) is 9.69 Å². The van der Waals surface area contributed by atoms with Gasteiger partial charge in [-0.2, -0.15) is 0 Å². The van der Waals surface area contributed by atoms with E-state index in [0.29, 0.717) is 22.0 Å². The van der Waals surface area contributed by atoms with Crippen LogP contribution in [0.4, 0.5) is 10.5 Å². The number of rotatable bonds is 3. The summed E-state index contributed by atoms with van der Waals surface area (Å²) < 4.78 is 5.25. The molecule has 3 rings (SSSR count). The fraction of sp³-hybridized carbons (Fsp3) is 0.150. The topological polar surface area (TPSA) is 75.7 Å². The lowest BCUT2D eigenvalue weighted by Gasteiger charge is -2.28. The van der Waals surface area contributed by atoms with Gasteiger partial charge >= 0.3 is 6.03 Å². The number of nitrogens with one attached hydrogen (secondary N) is 1. The van der Waals surface area contributed by atoms with Crippen molar-refractivity contribution in [2.24, 2.45) is 0 Å². The fourth-order valence-corrected chi connectivity index (χ4v) is 3.01. The number of methoxy groups -OCH3 is 1. The summed E-state index contributed by atoms with van der Waals surface area (Å²) in [5.74, 6) is -1.03. The van der Waals surface area contributed by atoms with Gasteiger partial charge in [-0.1, -0.05) is 23.7 Å². The van der Waals surface area contributed by atoms with E-state index in [1.54, 1.807) is 30.3 Å². The largest absolute Gasteiger partial charge is 0.496 e. The molecule has 2 aromatic carbocycles. The standard InChI is InChI=1S/C20H17ClN2O4/c1-11-5-4-6-16(12(11)2)23-19(25)15(18(24)22-20(23)26)10-13-9-14(21)7-8-17(13)27-3/h4-10H,1-3H3,(H,22,24,26)/b15-10+. The number of imide groups is 2. The Balaban J connectivity index is 2.11. The van der Waals surface area contributed by atoms with E-state index in [4.69, 9.17) is 16.3 Å². The third kappa shape index (κ3) is 3.44. The Labute approximate surface area is 161 Å². The lowest BCUT2D eigenvalue weighted by Crippen LogP contribution is -2.54. The summed E-state index contributed by atoms with van der Waals surface area (Å²) in [7, 11) is 1.47. The second-order valence-electron chi connectivity index (χ2n) is 6.06. The van der Waals surface area contributed by atoms with E-state index in [-0.39, 0.29) is 5.57 Å². The Hall–Kier alpha value is -3.12. The quantitative estimate of drug-likeness (QED) is 0.647. The van der Waals surface area contributed by atoms with Crippen LogP contribution < -0.4 is 15.0 Å². The van der Waals surface area contributed by atoms with Gasteiger partial charge in [0.15, 0.2) is 0 Å². The number of benzene rings is 2. The number of halogens is 1. The molecule has 1 heterocycles. The molecule has 6 nitrogen and oxygen atoms in total. The zero-order valence-electron chi connectivity index (χ0n) is 15.0. The molecule has 1 fully saturated rings. The average molecular weight is 385 g/mol. The van der Waals surface area contributed by atoms with E-state index in [0.717, 1.165) is 16.0 Å². The number of hydrogen-bond donors (Lipinski definition) is 1. The number of anilines is 1. The van der Waals surface area contributed by atoms with Crippen molar-refractivity contribution >= 4 is 41.2 Å². The highest BCUT2D eigenvalue weighted by atomic mass is 35.5. The number of urea groups is 1. The van der Waals surface area contributed by atoms with Crippen molar-refractivity contribution in [2.45, 2.75) is 13.8 Å². The van der Waals surface area contributed by atoms with Crippen LogP contribution in [0.2, 0.25) is 5.02 Å². The molecule has 7 heteroatoms. The van der Waals surface area contributed by atoms with Crippen LogP contribution in [0.15, 0.2) is 42.0 Å². The van der Waals surface area contributed by atoms with Crippen LogP contribution in [-0.2, 0) is 9.59 Å². The molecule has 0 atom stereocenters. The molecular formula is C20H17ClN2O4. The predicted octanol–water partition coefficient (Wildman–Crippen LogP) is 3.63. The van der Waals surface area contributed by atoms with Gasteiger partial charge < -0.3 is 4.74 Å². The molecule has 0 bridgehead atoms. The van der Waals surface area contributed by atoms with Crippen molar-refractivity contribution in [1.29, 1.82) is 0 Å². The molecule has 0 spiro atoms.